The van der Waals surface area contributed by atoms with Gasteiger partial charge in [-0.1, -0.05) is 0 Å². The Kier molecular flexibility index (Phi) is 4.51. The fourth-order valence-electron chi connectivity index (χ4n) is 1.66. The lowest BCUT2D eigenvalue weighted by molar-refractivity contribution is 0.368. The Balaban J connectivity index is 1.97. The zero-order valence-corrected chi connectivity index (χ0v) is 10.6. The Morgan fingerprint density at radius 3 is 2.55 bits per heavy atom. The highest BCUT2D eigenvalue weighted by molar-refractivity contribution is 5.46. The molecule has 2 aromatic rings. The first-order valence-corrected chi connectivity index (χ1v) is 5.96. The van der Waals surface area contributed by atoms with Gasteiger partial charge in [-0.05, 0) is 42.5 Å². The van der Waals surface area contributed by atoms with Crippen LogP contribution in [0.3, 0.4) is 0 Å². The molecule has 20 heavy (non-hydrogen) atoms. The van der Waals surface area contributed by atoms with Crippen molar-refractivity contribution in [3.63, 3.8) is 0 Å². The van der Waals surface area contributed by atoms with E-state index in [0.717, 1.165) is 23.9 Å². The van der Waals surface area contributed by atoms with E-state index >= 15 is 0 Å². The minimum Gasteiger partial charge on any atom is -0.479 e. The van der Waals surface area contributed by atoms with Crippen LogP contribution in [0.25, 0.3) is 0 Å². The molecule has 0 aliphatic rings. The van der Waals surface area contributed by atoms with Gasteiger partial charge in [0.25, 0.3) is 0 Å². The van der Waals surface area contributed by atoms with Crippen LogP contribution in [0.15, 0.2) is 42.5 Å². The minimum absolute atomic E-state index is 0.0126. The maximum absolute atomic E-state index is 13.4. The van der Waals surface area contributed by atoms with Crippen molar-refractivity contribution in [1.82, 2.24) is 0 Å². The van der Waals surface area contributed by atoms with Crippen molar-refractivity contribution < 1.29 is 13.5 Å². The molecule has 2 rings (SSSR count). The first-order valence-electron chi connectivity index (χ1n) is 5.96. The van der Waals surface area contributed by atoms with Gasteiger partial charge in [0.05, 0.1) is 0 Å². The van der Waals surface area contributed by atoms with Crippen LogP contribution in [-0.2, 0) is 6.54 Å². The van der Waals surface area contributed by atoms with Gasteiger partial charge >= 0.3 is 0 Å². The van der Waals surface area contributed by atoms with Crippen molar-refractivity contribution in [2.24, 2.45) is 0 Å². The molecule has 0 atom stereocenters. The predicted octanol–water partition coefficient (Wildman–Crippen LogP) is 3.48. The highest BCUT2D eigenvalue weighted by Gasteiger charge is 2.03. The Labute approximate surface area is 115 Å². The van der Waals surface area contributed by atoms with E-state index in [4.69, 9.17) is 10.00 Å². The molecule has 0 aliphatic heterocycles. The number of nitrogens with zero attached hydrogens (tertiary/aromatic N) is 1. The summed E-state index contributed by atoms with van der Waals surface area (Å²) in [5.41, 5.74) is 1.01. The minimum atomic E-state index is -0.469. The second-order valence-corrected chi connectivity index (χ2v) is 4.06. The number of ether oxygens (including phenoxy) is 1. The molecular formula is C15H12F2N2O. The number of hydrogen-bond donors (Lipinski definition) is 1. The molecule has 0 aromatic heterocycles. The molecule has 2 aromatic carbocycles. The maximum atomic E-state index is 13.4. The summed E-state index contributed by atoms with van der Waals surface area (Å²) in [7, 11) is 0. The zero-order chi connectivity index (χ0) is 14.4. The zero-order valence-electron chi connectivity index (χ0n) is 10.6. The van der Waals surface area contributed by atoms with Crippen LogP contribution >= 0.6 is 0 Å². The number of benzene rings is 2. The van der Waals surface area contributed by atoms with Gasteiger partial charge in [-0.2, -0.15) is 5.26 Å². The van der Waals surface area contributed by atoms with Gasteiger partial charge in [-0.15, -0.1) is 0 Å². The molecule has 0 amide bonds. The molecule has 102 valence electrons. The Bertz CT molecular complexity index is 621. The molecule has 0 saturated heterocycles. The monoisotopic (exact) mass is 274 g/mol. The summed E-state index contributed by atoms with van der Waals surface area (Å²) in [6, 6.07) is 12.1. The highest BCUT2D eigenvalue weighted by atomic mass is 19.1. The van der Waals surface area contributed by atoms with E-state index in [0.29, 0.717) is 5.75 Å². The predicted molar refractivity (Wildman–Crippen MR) is 71.2 cm³/mol. The topological polar surface area (TPSA) is 45.0 Å². The van der Waals surface area contributed by atoms with Crippen molar-refractivity contribution in [3.8, 4) is 11.8 Å². The third-order valence-corrected chi connectivity index (χ3v) is 2.65. The van der Waals surface area contributed by atoms with Crippen LogP contribution < -0.4 is 10.1 Å². The molecule has 0 aliphatic carbocycles. The molecule has 0 bridgehead atoms. The molecule has 5 heteroatoms. The second kappa shape index (κ2) is 6.53. The lowest BCUT2D eigenvalue weighted by Gasteiger charge is -2.08. The largest absolute Gasteiger partial charge is 0.479 e. The second-order valence-electron chi connectivity index (χ2n) is 4.06. The summed E-state index contributed by atoms with van der Waals surface area (Å²) in [4.78, 5) is 0. The normalized spacial score (nSPS) is 9.85. The van der Waals surface area contributed by atoms with Crippen molar-refractivity contribution in [1.29, 1.82) is 5.26 Å². The average molecular weight is 274 g/mol. The summed E-state index contributed by atoms with van der Waals surface area (Å²) in [5, 5.41) is 11.4. The van der Waals surface area contributed by atoms with Gasteiger partial charge in [0.1, 0.15) is 23.5 Å². The fourth-order valence-corrected chi connectivity index (χ4v) is 1.66. The van der Waals surface area contributed by atoms with Gasteiger partial charge in [-0.3, -0.25) is 0 Å². The SMILES string of the molecule is N#CCOc1ccc(NCc2cc(F)ccc2F)cc1. The van der Waals surface area contributed by atoms with Gasteiger partial charge < -0.3 is 10.1 Å². The van der Waals surface area contributed by atoms with Gasteiger partial charge in [0, 0.05) is 17.8 Å². The maximum Gasteiger partial charge on any atom is 0.174 e. The first kappa shape index (κ1) is 13.8. The smallest absolute Gasteiger partial charge is 0.174 e. The third-order valence-electron chi connectivity index (χ3n) is 2.65. The van der Waals surface area contributed by atoms with E-state index in [1.165, 1.54) is 0 Å². The molecule has 0 fully saturated rings. The molecular weight excluding hydrogens is 262 g/mol. The summed E-state index contributed by atoms with van der Waals surface area (Å²) >= 11 is 0. The van der Waals surface area contributed by atoms with Crippen LogP contribution in [0.4, 0.5) is 14.5 Å². The average Bonchev–Trinajstić information content (AvgIpc) is 2.47. The highest BCUT2D eigenvalue weighted by Crippen LogP contribution is 2.17. The Hall–Kier alpha value is -2.61. The van der Waals surface area contributed by atoms with E-state index in [-0.39, 0.29) is 18.7 Å². The van der Waals surface area contributed by atoms with Crippen molar-refractivity contribution in [2.45, 2.75) is 6.54 Å². The van der Waals surface area contributed by atoms with Crippen LogP contribution in [-0.4, -0.2) is 6.61 Å². The molecule has 0 radical (unpaired) electrons. The Morgan fingerprint density at radius 2 is 1.85 bits per heavy atom. The summed E-state index contributed by atoms with van der Waals surface area (Å²) in [6.45, 7) is 0.170. The summed E-state index contributed by atoms with van der Waals surface area (Å²) in [5.74, 6) is -0.342. The molecule has 0 spiro atoms. The number of halogens is 2. The van der Waals surface area contributed by atoms with Crippen LogP contribution in [0, 0.1) is 23.0 Å². The van der Waals surface area contributed by atoms with Crippen molar-refractivity contribution in [2.75, 3.05) is 11.9 Å². The summed E-state index contributed by atoms with van der Waals surface area (Å²) in [6.07, 6.45) is 0. The first-order chi connectivity index (χ1) is 9.69. The lowest BCUT2D eigenvalue weighted by Crippen LogP contribution is -2.02. The van der Waals surface area contributed by atoms with Crippen LogP contribution in [0.5, 0.6) is 5.75 Å². The van der Waals surface area contributed by atoms with E-state index in [1.807, 2.05) is 6.07 Å². The van der Waals surface area contributed by atoms with Gasteiger partial charge in [0.15, 0.2) is 6.61 Å². The molecule has 0 unspecified atom stereocenters. The van der Waals surface area contributed by atoms with E-state index < -0.39 is 11.6 Å². The molecule has 0 heterocycles. The van der Waals surface area contributed by atoms with Crippen LogP contribution in [0.2, 0.25) is 0 Å². The lowest BCUT2D eigenvalue weighted by atomic mass is 10.2. The Morgan fingerprint density at radius 1 is 1.10 bits per heavy atom. The van der Waals surface area contributed by atoms with E-state index in [2.05, 4.69) is 5.32 Å². The quantitative estimate of drug-likeness (QED) is 0.907. The fraction of sp³-hybridized carbons (Fsp3) is 0.133. The van der Waals surface area contributed by atoms with Gasteiger partial charge in [-0.25, -0.2) is 8.78 Å². The van der Waals surface area contributed by atoms with E-state index in [9.17, 15) is 8.78 Å². The number of anilines is 1. The number of nitrogens with one attached hydrogen (secondary N) is 1. The molecule has 3 nitrogen and oxygen atoms in total. The molecule has 0 saturated carbocycles. The number of rotatable bonds is 5. The van der Waals surface area contributed by atoms with E-state index in [1.54, 1.807) is 24.3 Å². The molecule has 1 N–H and O–H groups in total. The summed E-state index contributed by atoms with van der Waals surface area (Å²) < 4.78 is 31.5. The number of nitriles is 1. The van der Waals surface area contributed by atoms with Crippen molar-refractivity contribution in [3.05, 3.63) is 59.7 Å². The number of hydrogen-bond acceptors (Lipinski definition) is 3. The third kappa shape index (κ3) is 3.69. The van der Waals surface area contributed by atoms with Gasteiger partial charge in [0.2, 0.25) is 0 Å². The van der Waals surface area contributed by atoms with Crippen LogP contribution in [0.1, 0.15) is 5.56 Å². The standard InChI is InChI=1S/C15H12F2N2O/c16-12-1-6-15(17)11(9-12)10-19-13-2-4-14(5-3-13)20-8-7-18/h1-6,9,19H,8,10H2. The van der Waals surface area contributed by atoms with Crippen molar-refractivity contribution >= 4 is 5.69 Å².